The van der Waals surface area contributed by atoms with Crippen LogP contribution in [0.5, 0.6) is 0 Å². The highest BCUT2D eigenvalue weighted by molar-refractivity contribution is 5.89. The van der Waals surface area contributed by atoms with Crippen molar-refractivity contribution >= 4 is 17.3 Å². The zero-order chi connectivity index (χ0) is 16.2. The summed E-state index contributed by atoms with van der Waals surface area (Å²) >= 11 is 0. The van der Waals surface area contributed by atoms with E-state index < -0.39 is 10.9 Å². The van der Waals surface area contributed by atoms with Crippen LogP contribution in [0, 0.1) is 10.1 Å². The fourth-order valence-corrected chi connectivity index (χ4v) is 2.39. The Morgan fingerprint density at radius 2 is 2.05 bits per heavy atom. The number of hydrogen-bond acceptors (Lipinski definition) is 5. The van der Waals surface area contributed by atoms with Crippen LogP contribution in [0.2, 0.25) is 0 Å². The van der Waals surface area contributed by atoms with Crippen LogP contribution in [0.3, 0.4) is 0 Å². The van der Waals surface area contributed by atoms with Gasteiger partial charge in [0, 0.05) is 25.2 Å². The number of likely N-dealkylation sites (N-methyl/N-ethyl adjacent to an activating group) is 2. The molecule has 0 aliphatic rings. The second kappa shape index (κ2) is 7.03. The van der Waals surface area contributed by atoms with E-state index in [0.717, 1.165) is 12.6 Å². The van der Waals surface area contributed by atoms with Crippen molar-refractivity contribution in [2.75, 3.05) is 32.1 Å². The van der Waals surface area contributed by atoms with E-state index in [1.165, 1.54) is 12.1 Å². The normalized spacial score (nSPS) is 12.2. The molecule has 0 fully saturated rings. The SMILES string of the molecule is CCN(c1ccc(C(=O)O)cc1[N+](=O)[O-])C(C)CN(C)C. The van der Waals surface area contributed by atoms with E-state index in [4.69, 9.17) is 5.11 Å². The van der Waals surface area contributed by atoms with E-state index in [1.807, 2.05) is 37.7 Å². The number of hydrogen-bond donors (Lipinski definition) is 1. The molecular formula is C14H21N3O4. The lowest BCUT2D eigenvalue weighted by Gasteiger charge is -2.31. The fourth-order valence-electron chi connectivity index (χ4n) is 2.39. The van der Waals surface area contributed by atoms with Crippen molar-refractivity contribution in [2.24, 2.45) is 0 Å². The molecule has 7 nitrogen and oxygen atoms in total. The Morgan fingerprint density at radius 1 is 1.43 bits per heavy atom. The molecule has 1 atom stereocenters. The maximum absolute atomic E-state index is 11.2. The van der Waals surface area contributed by atoms with Gasteiger partial charge in [-0.05, 0) is 40.1 Å². The Hall–Kier alpha value is -2.15. The van der Waals surface area contributed by atoms with E-state index in [9.17, 15) is 14.9 Å². The van der Waals surface area contributed by atoms with Crippen LogP contribution in [0.1, 0.15) is 24.2 Å². The van der Waals surface area contributed by atoms with Crippen molar-refractivity contribution in [2.45, 2.75) is 19.9 Å². The molecule has 0 aromatic heterocycles. The Morgan fingerprint density at radius 3 is 2.48 bits per heavy atom. The number of nitrogens with zero attached hydrogens (tertiary/aromatic N) is 3. The molecule has 1 aromatic carbocycles. The van der Waals surface area contributed by atoms with Gasteiger partial charge in [-0.2, -0.15) is 0 Å². The van der Waals surface area contributed by atoms with Crippen molar-refractivity contribution < 1.29 is 14.8 Å². The van der Waals surface area contributed by atoms with Gasteiger partial charge in [-0.1, -0.05) is 0 Å². The number of anilines is 1. The number of nitro groups is 1. The molecule has 1 N–H and O–H groups in total. The van der Waals surface area contributed by atoms with Crippen molar-refractivity contribution in [3.05, 3.63) is 33.9 Å². The average Bonchev–Trinajstić information content (AvgIpc) is 2.38. The molecule has 1 rings (SSSR count). The second-order valence-electron chi connectivity index (χ2n) is 5.16. The Balaban J connectivity index is 3.25. The summed E-state index contributed by atoms with van der Waals surface area (Å²) in [4.78, 5) is 25.6. The predicted octanol–water partition coefficient (Wildman–Crippen LogP) is 2.07. The highest BCUT2D eigenvalue weighted by Gasteiger charge is 2.24. The first-order valence-corrected chi connectivity index (χ1v) is 6.71. The Kier molecular flexibility index (Phi) is 5.66. The fraction of sp³-hybridized carbons (Fsp3) is 0.500. The van der Waals surface area contributed by atoms with Gasteiger partial charge in [0.05, 0.1) is 10.5 Å². The standard InChI is InChI=1S/C14H21N3O4/c1-5-16(10(2)9-15(3)4)12-7-6-11(14(18)19)8-13(12)17(20)21/h6-8,10H,5,9H2,1-4H3,(H,18,19). The van der Waals surface area contributed by atoms with Crippen LogP contribution >= 0.6 is 0 Å². The molecule has 0 spiro atoms. The van der Waals surface area contributed by atoms with Crippen LogP contribution in [-0.2, 0) is 0 Å². The Labute approximate surface area is 123 Å². The first kappa shape index (κ1) is 16.9. The number of carbonyl (C=O) groups is 1. The lowest BCUT2D eigenvalue weighted by atomic mass is 10.1. The third kappa shape index (κ3) is 4.16. The largest absolute Gasteiger partial charge is 0.478 e. The number of aromatic carboxylic acids is 1. The van der Waals surface area contributed by atoms with E-state index in [0.29, 0.717) is 12.2 Å². The monoisotopic (exact) mass is 295 g/mol. The molecule has 0 radical (unpaired) electrons. The van der Waals surface area contributed by atoms with Gasteiger partial charge in [0.25, 0.3) is 5.69 Å². The zero-order valence-electron chi connectivity index (χ0n) is 12.7. The molecule has 1 aromatic rings. The quantitative estimate of drug-likeness (QED) is 0.612. The minimum Gasteiger partial charge on any atom is -0.478 e. The first-order chi connectivity index (χ1) is 9.77. The van der Waals surface area contributed by atoms with Gasteiger partial charge in [0.2, 0.25) is 0 Å². The molecule has 0 amide bonds. The van der Waals surface area contributed by atoms with Crippen LogP contribution < -0.4 is 4.90 Å². The van der Waals surface area contributed by atoms with Crippen molar-refractivity contribution in [1.29, 1.82) is 0 Å². The zero-order valence-corrected chi connectivity index (χ0v) is 12.7. The van der Waals surface area contributed by atoms with Crippen molar-refractivity contribution in [3.8, 4) is 0 Å². The van der Waals surface area contributed by atoms with E-state index in [1.54, 1.807) is 0 Å². The van der Waals surface area contributed by atoms with Crippen LogP contribution in [0.15, 0.2) is 18.2 Å². The first-order valence-electron chi connectivity index (χ1n) is 6.71. The van der Waals surface area contributed by atoms with E-state index in [-0.39, 0.29) is 17.3 Å². The summed E-state index contributed by atoms with van der Waals surface area (Å²) in [5, 5.41) is 20.2. The molecule has 116 valence electrons. The molecule has 7 heteroatoms. The number of benzene rings is 1. The molecule has 21 heavy (non-hydrogen) atoms. The number of carboxylic acids is 1. The maximum atomic E-state index is 11.2. The third-order valence-corrected chi connectivity index (χ3v) is 3.23. The smallest absolute Gasteiger partial charge is 0.335 e. The molecule has 0 saturated heterocycles. The highest BCUT2D eigenvalue weighted by atomic mass is 16.6. The summed E-state index contributed by atoms with van der Waals surface area (Å²) in [6, 6.07) is 4.09. The third-order valence-electron chi connectivity index (χ3n) is 3.23. The van der Waals surface area contributed by atoms with Crippen LogP contribution in [0.25, 0.3) is 0 Å². The molecular weight excluding hydrogens is 274 g/mol. The van der Waals surface area contributed by atoms with Crippen LogP contribution in [0.4, 0.5) is 11.4 Å². The summed E-state index contributed by atoms with van der Waals surface area (Å²) in [6.45, 7) is 5.24. The topological polar surface area (TPSA) is 86.9 Å². The molecule has 0 aliphatic carbocycles. The van der Waals surface area contributed by atoms with Gasteiger partial charge in [0.15, 0.2) is 0 Å². The van der Waals surface area contributed by atoms with Gasteiger partial charge in [-0.15, -0.1) is 0 Å². The second-order valence-corrected chi connectivity index (χ2v) is 5.16. The van der Waals surface area contributed by atoms with Crippen LogP contribution in [-0.4, -0.2) is 54.1 Å². The minimum absolute atomic E-state index is 0.0689. The van der Waals surface area contributed by atoms with Crippen molar-refractivity contribution in [1.82, 2.24) is 4.90 Å². The molecule has 0 aliphatic heterocycles. The summed E-state index contributed by atoms with van der Waals surface area (Å²) in [6.07, 6.45) is 0. The van der Waals surface area contributed by atoms with Gasteiger partial charge in [-0.25, -0.2) is 4.79 Å². The lowest BCUT2D eigenvalue weighted by molar-refractivity contribution is -0.384. The number of rotatable bonds is 7. The van der Waals surface area contributed by atoms with Crippen molar-refractivity contribution in [3.63, 3.8) is 0 Å². The van der Waals surface area contributed by atoms with Gasteiger partial charge >= 0.3 is 5.97 Å². The summed E-state index contributed by atoms with van der Waals surface area (Å²) in [7, 11) is 3.87. The number of nitro benzene ring substituents is 1. The lowest BCUT2D eigenvalue weighted by Crippen LogP contribution is -2.40. The Bertz CT molecular complexity index is 531. The minimum atomic E-state index is -1.17. The molecule has 1 unspecified atom stereocenters. The van der Waals surface area contributed by atoms with E-state index >= 15 is 0 Å². The van der Waals surface area contributed by atoms with Gasteiger partial charge in [0.1, 0.15) is 5.69 Å². The summed E-state index contributed by atoms with van der Waals surface area (Å²) in [5.41, 5.74) is 0.186. The van der Waals surface area contributed by atoms with Gasteiger partial charge < -0.3 is 14.9 Å². The molecule has 0 bridgehead atoms. The average molecular weight is 295 g/mol. The molecule has 0 heterocycles. The number of carboxylic acid groups (broad SMARTS) is 1. The summed E-state index contributed by atoms with van der Waals surface area (Å²) < 4.78 is 0. The summed E-state index contributed by atoms with van der Waals surface area (Å²) in [5.74, 6) is -1.17. The predicted molar refractivity (Wildman–Crippen MR) is 81.1 cm³/mol. The van der Waals surface area contributed by atoms with Gasteiger partial charge in [-0.3, -0.25) is 10.1 Å². The highest BCUT2D eigenvalue weighted by Crippen LogP contribution is 2.30. The maximum Gasteiger partial charge on any atom is 0.335 e. The van der Waals surface area contributed by atoms with E-state index in [2.05, 4.69) is 0 Å². The molecule has 0 saturated carbocycles.